The molecule has 25 heavy (non-hydrogen) atoms. The van der Waals surface area contributed by atoms with Gasteiger partial charge in [-0.05, 0) is 35.4 Å². The molecule has 130 valence electrons. The van der Waals surface area contributed by atoms with Gasteiger partial charge in [0.1, 0.15) is 6.10 Å². The highest BCUT2D eigenvalue weighted by atomic mass is 35.5. The summed E-state index contributed by atoms with van der Waals surface area (Å²) >= 11 is 11.8. The molecule has 0 aliphatic rings. The Labute approximate surface area is 154 Å². The number of rotatable bonds is 6. The molecule has 0 aliphatic heterocycles. The second-order valence-corrected chi connectivity index (χ2v) is 6.08. The maximum atomic E-state index is 12.0. The minimum absolute atomic E-state index is 0.448. The summed E-state index contributed by atoms with van der Waals surface area (Å²) in [5, 5.41) is 22.9. The topological polar surface area (TPSA) is 86.6 Å². The highest BCUT2D eigenvalue weighted by Gasteiger charge is 2.24. The van der Waals surface area contributed by atoms with Gasteiger partial charge in [0.25, 0.3) is 0 Å². The van der Waals surface area contributed by atoms with E-state index in [0.717, 1.165) is 12.2 Å². The van der Waals surface area contributed by atoms with Crippen LogP contribution in [0.5, 0.6) is 0 Å². The molecule has 0 heterocycles. The van der Waals surface area contributed by atoms with E-state index in [-0.39, 0.29) is 0 Å². The third-order valence-corrected chi connectivity index (χ3v) is 3.90. The predicted octanol–water partition coefficient (Wildman–Crippen LogP) is 3.53. The number of benzene rings is 2. The monoisotopic (exact) mass is 379 g/mol. The summed E-state index contributed by atoms with van der Waals surface area (Å²) in [7, 11) is 0. The van der Waals surface area contributed by atoms with E-state index in [1.807, 2.05) is 0 Å². The molecule has 0 fully saturated rings. The molecule has 2 aromatic carbocycles. The van der Waals surface area contributed by atoms with Gasteiger partial charge in [0.2, 0.25) is 5.91 Å². The van der Waals surface area contributed by atoms with Crippen molar-refractivity contribution in [2.75, 3.05) is 0 Å². The first kappa shape index (κ1) is 19.0. The van der Waals surface area contributed by atoms with Gasteiger partial charge in [-0.15, -0.1) is 0 Å². The van der Waals surface area contributed by atoms with Crippen molar-refractivity contribution < 1.29 is 19.8 Å². The molecule has 2 aromatic rings. The summed E-state index contributed by atoms with van der Waals surface area (Å²) in [5.41, 5.74) is 1.11. The summed E-state index contributed by atoms with van der Waals surface area (Å²) in [6.07, 6.45) is 0.512. The minimum atomic E-state index is -1.24. The standard InChI is InChI=1S/C18H15Cl2NO4/c19-13-6-4-11(5-7-13)17(21-15(22)8-9-16(23)24)18(25)12-2-1-3-14(20)10-12/h1-10,17-18,25H,(H,21,22)(H,23,24)/t17-,18+/m1/s1. The zero-order valence-corrected chi connectivity index (χ0v) is 14.4. The Balaban J connectivity index is 2.32. The molecule has 0 unspecified atom stereocenters. The largest absolute Gasteiger partial charge is 0.478 e. The highest BCUT2D eigenvalue weighted by molar-refractivity contribution is 6.30. The molecule has 0 saturated heterocycles. The van der Waals surface area contributed by atoms with Crippen molar-refractivity contribution in [3.63, 3.8) is 0 Å². The maximum absolute atomic E-state index is 12.0. The third kappa shape index (κ3) is 5.60. The average Bonchev–Trinajstić information content (AvgIpc) is 2.58. The number of carbonyl (C=O) groups is 2. The summed E-state index contributed by atoms with van der Waals surface area (Å²) < 4.78 is 0. The van der Waals surface area contributed by atoms with Gasteiger partial charge in [-0.1, -0.05) is 47.5 Å². The van der Waals surface area contributed by atoms with Crippen LogP contribution in [0.3, 0.4) is 0 Å². The molecule has 5 nitrogen and oxygen atoms in total. The zero-order chi connectivity index (χ0) is 18.4. The Morgan fingerprint density at radius 1 is 0.960 bits per heavy atom. The number of nitrogens with one attached hydrogen (secondary N) is 1. The first-order valence-corrected chi connectivity index (χ1v) is 8.03. The number of aliphatic hydroxyl groups excluding tert-OH is 1. The normalized spacial score (nSPS) is 13.4. The summed E-state index contributed by atoms with van der Waals surface area (Å²) in [5.74, 6) is -1.89. The van der Waals surface area contributed by atoms with Gasteiger partial charge < -0.3 is 15.5 Å². The Kier molecular flexibility index (Phi) is 6.58. The van der Waals surface area contributed by atoms with E-state index >= 15 is 0 Å². The fourth-order valence-electron chi connectivity index (χ4n) is 2.25. The van der Waals surface area contributed by atoms with Crippen molar-refractivity contribution in [3.05, 3.63) is 81.9 Å². The van der Waals surface area contributed by atoms with Crippen molar-refractivity contribution in [1.82, 2.24) is 5.32 Å². The van der Waals surface area contributed by atoms with Gasteiger partial charge in [-0.2, -0.15) is 0 Å². The lowest BCUT2D eigenvalue weighted by atomic mass is 9.95. The minimum Gasteiger partial charge on any atom is -0.478 e. The number of hydrogen-bond donors (Lipinski definition) is 3. The van der Waals surface area contributed by atoms with Crippen molar-refractivity contribution in [2.24, 2.45) is 0 Å². The second kappa shape index (κ2) is 8.67. The summed E-state index contributed by atoms with van der Waals surface area (Å²) in [6, 6.07) is 12.4. The molecule has 2 atom stereocenters. The lowest BCUT2D eigenvalue weighted by molar-refractivity contribution is -0.131. The quantitative estimate of drug-likeness (QED) is 0.670. The van der Waals surface area contributed by atoms with Crippen LogP contribution in [0.15, 0.2) is 60.7 Å². The molecule has 0 aliphatic carbocycles. The van der Waals surface area contributed by atoms with E-state index in [9.17, 15) is 14.7 Å². The van der Waals surface area contributed by atoms with Crippen LogP contribution in [0.2, 0.25) is 10.0 Å². The highest BCUT2D eigenvalue weighted by Crippen LogP contribution is 2.30. The van der Waals surface area contributed by atoms with Crippen molar-refractivity contribution in [1.29, 1.82) is 0 Å². The molecule has 3 N–H and O–H groups in total. The van der Waals surface area contributed by atoms with Crippen LogP contribution in [0.1, 0.15) is 23.3 Å². The summed E-state index contributed by atoms with van der Waals surface area (Å²) in [6.45, 7) is 0. The van der Waals surface area contributed by atoms with E-state index in [0.29, 0.717) is 21.2 Å². The number of halogens is 2. The molecule has 0 spiro atoms. The lowest BCUT2D eigenvalue weighted by Gasteiger charge is -2.24. The first-order valence-electron chi connectivity index (χ1n) is 7.27. The number of hydrogen-bond acceptors (Lipinski definition) is 3. The van der Waals surface area contributed by atoms with Gasteiger partial charge in [-0.3, -0.25) is 4.79 Å². The smallest absolute Gasteiger partial charge is 0.328 e. The van der Waals surface area contributed by atoms with E-state index < -0.39 is 24.0 Å². The Hall–Kier alpha value is -2.34. The first-order chi connectivity index (χ1) is 11.9. The number of carbonyl (C=O) groups excluding carboxylic acids is 1. The van der Waals surface area contributed by atoms with Crippen molar-refractivity contribution in [3.8, 4) is 0 Å². The molecular formula is C18H15Cl2NO4. The van der Waals surface area contributed by atoms with Gasteiger partial charge >= 0.3 is 5.97 Å². The third-order valence-electron chi connectivity index (χ3n) is 3.41. The second-order valence-electron chi connectivity index (χ2n) is 5.21. The average molecular weight is 380 g/mol. The number of amides is 1. The molecule has 1 amide bonds. The van der Waals surface area contributed by atoms with Gasteiger partial charge in [0.05, 0.1) is 6.04 Å². The fraction of sp³-hybridized carbons (Fsp3) is 0.111. The molecule has 0 radical (unpaired) electrons. The van der Waals surface area contributed by atoms with Crippen LogP contribution < -0.4 is 5.32 Å². The van der Waals surface area contributed by atoms with Crippen LogP contribution in [-0.2, 0) is 9.59 Å². The predicted molar refractivity (Wildman–Crippen MR) is 95.5 cm³/mol. The number of aliphatic hydroxyl groups is 1. The molecule has 0 saturated carbocycles. The zero-order valence-electron chi connectivity index (χ0n) is 12.9. The van der Waals surface area contributed by atoms with E-state index in [1.165, 1.54) is 0 Å². The van der Waals surface area contributed by atoms with Crippen LogP contribution >= 0.6 is 23.2 Å². The van der Waals surface area contributed by atoms with Gasteiger partial charge in [0.15, 0.2) is 0 Å². The summed E-state index contributed by atoms with van der Waals surface area (Å²) in [4.78, 5) is 22.5. The molecule has 2 rings (SSSR count). The van der Waals surface area contributed by atoms with Crippen LogP contribution in [0, 0.1) is 0 Å². The van der Waals surface area contributed by atoms with Crippen molar-refractivity contribution in [2.45, 2.75) is 12.1 Å². The SMILES string of the molecule is O=C(O)C=CC(=O)N[C@H](c1ccc(Cl)cc1)[C@@H](O)c1cccc(Cl)c1. The van der Waals surface area contributed by atoms with E-state index in [2.05, 4.69) is 5.32 Å². The maximum Gasteiger partial charge on any atom is 0.328 e. The van der Waals surface area contributed by atoms with E-state index in [4.69, 9.17) is 28.3 Å². The molecule has 0 aromatic heterocycles. The number of aliphatic carboxylic acids is 1. The number of carboxylic acid groups (broad SMARTS) is 1. The van der Waals surface area contributed by atoms with Crippen LogP contribution in [0.25, 0.3) is 0 Å². The molecular weight excluding hydrogens is 365 g/mol. The Morgan fingerprint density at radius 3 is 2.24 bits per heavy atom. The molecule has 0 bridgehead atoms. The van der Waals surface area contributed by atoms with Crippen LogP contribution in [0.4, 0.5) is 0 Å². The Morgan fingerprint density at radius 2 is 1.64 bits per heavy atom. The lowest BCUT2D eigenvalue weighted by Crippen LogP contribution is -2.31. The van der Waals surface area contributed by atoms with Crippen molar-refractivity contribution >= 4 is 35.1 Å². The molecule has 7 heteroatoms. The fourth-order valence-corrected chi connectivity index (χ4v) is 2.57. The Bertz CT molecular complexity index is 790. The van der Waals surface area contributed by atoms with E-state index in [1.54, 1.807) is 48.5 Å². The van der Waals surface area contributed by atoms with Gasteiger partial charge in [-0.25, -0.2) is 4.79 Å². The van der Waals surface area contributed by atoms with Gasteiger partial charge in [0, 0.05) is 22.2 Å². The van der Waals surface area contributed by atoms with Crippen LogP contribution in [-0.4, -0.2) is 22.1 Å². The number of carboxylic acids is 1.